The van der Waals surface area contributed by atoms with Crippen LogP contribution >= 0.6 is 0 Å². The molecule has 0 amide bonds. The van der Waals surface area contributed by atoms with Gasteiger partial charge in [0.05, 0.1) is 0 Å². The normalized spacial score (nSPS) is 12.1. The van der Waals surface area contributed by atoms with E-state index in [-0.39, 0.29) is 0 Å². The average Bonchev–Trinajstić information content (AvgIpc) is 2.42. The first-order chi connectivity index (χ1) is 9.49. The van der Waals surface area contributed by atoms with E-state index in [1.807, 2.05) is 0 Å². The second-order valence-electron chi connectivity index (χ2n) is 5.65. The summed E-state index contributed by atoms with van der Waals surface area (Å²) >= 11 is 0. The maximum Gasteiger partial charge on any atom is 0.0426 e. The highest BCUT2D eigenvalue weighted by Crippen LogP contribution is 2.23. The van der Waals surface area contributed by atoms with Gasteiger partial charge in [-0.25, -0.2) is 0 Å². The Kier molecular flexibility index (Phi) is 6.57. The van der Waals surface area contributed by atoms with Crippen LogP contribution in [0.4, 0.5) is 0 Å². The standard InChI is InChI=1S/C19H29N/c1-7-9-16(4)19(8-2)17(5)20(6)14-18-12-10-15(3)11-13-18/h10-13H,5,7-9,14H2,1-4,6H3/b19-16+. The van der Waals surface area contributed by atoms with Gasteiger partial charge in [-0.15, -0.1) is 0 Å². The van der Waals surface area contributed by atoms with Gasteiger partial charge in [-0.3, -0.25) is 0 Å². The summed E-state index contributed by atoms with van der Waals surface area (Å²) in [6.07, 6.45) is 3.42. The van der Waals surface area contributed by atoms with Gasteiger partial charge in [-0.1, -0.05) is 62.2 Å². The van der Waals surface area contributed by atoms with Crippen LogP contribution < -0.4 is 0 Å². The fourth-order valence-electron chi connectivity index (χ4n) is 2.57. The number of nitrogens with zero attached hydrogens (tertiary/aromatic N) is 1. The van der Waals surface area contributed by atoms with E-state index in [0.717, 1.165) is 13.0 Å². The summed E-state index contributed by atoms with van der Waals surface area (Å²) in [5.41, 5.74) is 6.71. The van der Waals surface area contributed by atoms with Crippen molar-refractivity contribution in [2.45, 2.75) is 53.5 Å². The molecular formula is C19H29N. The minimum atomic E-state index is 0.919. The van der Waals surface area contributed by atoms with Crippen LogP contribution in [0.25, 0.3) is 0 Å². The molecule has 0 saturated heterocycles. The first kappa shape index (κ1) is 16.6. The Morgan fingerprint density at radius 1 is 1.15 bits per heavy atom. The largest absolute Gasteiger partial charge is 0.371 e. The summed E-state index contributed by atoms with van der Waals surface area (Å²) < 4.78 is 0. The van der Waals surface area contributed by atoms with Gasteiger partial charge in [0.25, 0.3) is 0 Å². The Hall–Kier alpha value is -1.50. The lowest BCUT2D eigenvalue weighted by molar-refractivity contribution is 0.417. The van der Waals surface area contributed by atoms with Crippen LogP contribution in [-0.2, 0) is 6.54 Å². The van der Waals surface area contributed by atoms with Crippen molar-refractivity contribution in [1.82, 2.24) is 4.90 Å². The number of hydrogen-bond donors (Lipinski definition) is 0. The first-order valence-electron chi connectivity index (χ1n) is 7.64. The van der Waals surface area contributed by atoms with E-state index in [2.05, 4.69) is 70.5 Å². The molecule has 1 heteroatoms. The van der Waals surface area contributed by atoms with Crippen molar-refractivity contribution in [3.63, 3.8) is 0 Å². The van der Waals surface area contributed by atoms with Crippen LogP contribution in [0.5, 0.6) is 0 Å². The molecule has 0 radical (unpaired) electrons. The van der Waals surface area contributed by atoms with Gasteiger partial charge in [0.15, 0.2) is 0 Å². The van der Waals surface area contributed by atoms with Crippen LogP contribution in [0, 0.1) is 6.92 Å². The van der Waals surface area contributed by atoms with Gasteiger partial charge in [0.2, 0.25) is 0 Å². The summed E-state index contributed by atoms with van der Waals surface area (Å²) in [7, 11) is 2.14. The highest BCUT2D eigenvalue weighted by molar-refractivity contribution is 5.32. The first-order valence-corrected chi connectivity index (χ1v) is 7.64. The molecular weight excluding hydrogens is 242 g/mol. The van der Waals surface area contributed by atoms with Crippen molar-refractivity contribution in [3.8, 4) is 0 Å². The lowest BCUT2D eigenvalue weighted by Gasteiger charge is -2.25. The maximum atomic E-state index is 4.31. The second-order valence-corrected chi connectivity index (χ2v) is 5.65. The molecule has 0 atom stereocenters. The third-order valence-corrected chi connectivity index (χ3v) is 3.84. The van der Waals surface area contributed by atoms with Crippen LogP contribution in [0.2, 0.25) is 0 Å². The van der Waals surface area contributed by atoms with Crippen molar-refractivity contribution in [2.24, 2.45) is 0 Å². The Labute approximate surface area is 125 Å². The van der Waals surface area contributed by atoms with Gasteiger partial charge < -0.3 is 4.90 Å². The molecule has 0 spiro atoms. The van der Waals surface area contributed by atoms with Crippen molar-refractivity contribution in [3.05, 3.63) is 58.8 Å². The highest BCUT2D eigenvalue weighted by atomic mass is 15.1. The molecule has 0 N–H and O–H groups in total. The quantitative estimate of drug-likeness (QED) is 0.595. The number of aryl methyl sites for hydroxylation is 1. The Morgan fingerprint density at radius 3 is 2.25 bits per heavy atom. The van der Waals surface area contributed by atoms with Gasteiger partial charge >= 0.3 is 0 Å². The molecule has 0 aliphatic rings. The van der Waals surface area contributed by atoms with E-state index in [1.54, 1.807) is 0 Å². The average molecular weight is 271 g/mol. The molecule has 1 aromatic carbocycles. The van der Waals surface area contributed by atoms with E-state index in [1.165, 1.54) is 40.8 Å². The molecule has 0 aromatic heterocycles. The van der Waals surface area contributed by atoms with E-state index in [4.69, 9.17) is 0 Å². The summed E-state index contributed by atoms with van der Waals surface area (Å²) in [6.45, 7) is 14.0. The zero-order valence-electron chi connectivity index (χ0n) is 13.8. The lowest BCUT2D eigenvalue weighted by Crippen LogP contribution is -2.18. The zero-order chi connectivity index (χ0) is 15.1. The predicted molar refractivity (Wildman–Crippen MR) is 89.7 cm³/mol. The topological polar surface area (TPSA) is 3.24 Å². The molecule has 0 bridgehead atoms. The summed E-state index contributed by atoms with van der Waals surface area (Å²) in [4.78, 5) is 2.27. The minimum Gasteiger partial charge on any atom is -0.371 e. The Morgan fingerprint density at radius 2 is 1.75 bits per heavy atom. The molecule has 1 aromatic rings. The Bertz CT molecular complexity index is 465. The van der Waals surface area contributed by atoms with Crippen molar-refractivity contribution in [2.75, 3.05) is 7.05 Å². The van der Waals surface area contributed by atoms with Crippen LogP contribution in [0.3, 0.4) is 0 Å². The predicted octanol–water partition coefficient (Wildman–Crippen LogP) is 5.47. The van der Waals surface area contributed by atoms with Crippen molar-refractivity contribution >= 4 is 0 Å². The number of rotatable bonds is 7. The lowest BCUT2D eigenvalue weighted by atomic mass is 10.00. The molecule has 110 valence electrons. The summed E-state index contributed by atoms with van der Waals surface area (Å²) in [5, 5.41) is 0. The van der Waals surface area contributed by atoms with E-state index in [9.17, 15) is 0 Å². The monoisotopic (exact) mass is 271 g/mol. The maximum absolute atomic E-state index is 4.31. The van der Waals surface area contributed by atoms with Crippen molar-refractivity contribution in [1.29, 1.82) is 0 Å². The number of benzene rings is 1. The fourth-order valence-corrected chi connectivity index (χ4v) is 2.57. The van der Waals surface area contributed by atoms with Crippen LogP contribution in [0.1, 0.15) is 51.2 Å². The third-order valence-electron chi connectivity index (χ3n) is 3.84. The van der Waals surface area contributed by atoms with E-state index in [0.29, 0.717) is 0 Å². The van der Waals surface area contributed by atoms with Gasteiger partial charge in [-0.05, 0) is 37.8 Å². The second kappa shape index (κ2) is 7.94. The molecule has 1 rings (SSSR count). The van der Waals surface area contributed by atoms with E-state index >= 15 is 0 Å². The molecule has 0 heterocycles. The minimum absolute atomic E-state index is 0.919. The Balaban J connectivity index is 2.79. The molecule has 0 unspecified atom stereocenters. The smallest absolute Gasteiger partial charge is 0.0426 e. The molecule has 1 nitrogen and oxygen atoms in total. The SMILES string of the molecule is C=C(/C(CC)=C(\C)CCC)N(C)Cc1ccc(C)cc1. The van der Waals surface area contributed by atoms with Crippen LogP contribution in [-0.4, -0.2) is 11.9 Å². The summed E-state index contributed by atoms with van der Waals surface area (Å²) in [5.74, 6) is 0. The highest BCUT2D eigenvalue weighted by Gasteiger charge is 2.10. The summed E-state index contributed by atoms with van der Waals surface area (Å²) in [6, 6.07) is 8.75. The number of hydrogen-bond acceptors (Lipinski definition) is 1. The van der Waals surface area contributed by atoms with Crippen molar-refractivity contribution < 1.29 is 0 Å². The van der Waals surface area contributed by atoms with E-state index < -0.39 is 0 Å². The molecule has 20 heavy (non-hydrogen) atoms. The molecule has 0 aliphatic heterocycles. The van der Waals surface area contributed by atoms with Gasteiger partial charge in [0, 0.05) is 19.3 Å². The number of likely N-dealkylation sites (N-methyl/N-ethyl adjacent to an activating group) is 1. The molecule has 0 saturated carbocycles. The number of allylic oxidation sites excluding steroid dienone is 2. The van der Waals surface area contributed by atoms with Crippen LogP contribution in [0.15, 0.2) is 47.7 Å². The third kappa shape index (κ3) is 4.56. The molecule has 0 aliphatic carbocycles. The van der Waals surface area contributed by atoms with Gasteiger partial charge in [-0.2, -0.15) is 0 Å². The zero-order valence-corrected chi connectivity index (χ0v) is 13.8. The van der Waals surface area contributed by atoms with Gasteiger partial charge in [0.1, 0.15) is 0 Å². The fraction of sp³-hybridized carbons (Fsp3) is 0.474. The molecule has 0 fully saturated rings.